The van der Waals surface area contributed by atoms with Gasteiger partial charge in [-0.15, -0.1) is 0 Å². The van der Waals surface area contributed by atoms with Gasteiger partial charge in [0.1, 0.15) is 13.0 Å². The van der Waals surface area contributed by atoms with Crippen LogP contribution in [0.15, 0.2) is 302 Å². The molecule has 5 nitrogen and oxygen atoms in total. The number of nitrogens with zero attached hydrogens (tertiary/aromatic N) is 4. The van der Waals surface area contributed by atoms with E-state index in [1.54, 1.807) is 0 Å². The molecule has 10 unspecified atom stereocenters. The molecule has 0 spiro atoms. The van der Waals surface area contributed by atoms with E-state index < -0.39 is 0 Å². The average molecular weight is 1130 g/mol. The van der Waals surface area contributed by atoms with Crippen molar-refractivity contribution in [2.75, 3.05) is 19.6 Å². The fraction of sp³-hybridized carbons (Fsp3) is 0.205. The monoisotopic (exact) mass is 1130 g/mol. The van der Waals surface area contributed by atoms with Crippen molar-refractivity contribution < 1.29 is 4.74 Å². The van der Waals surface area contributed by atoms with Gasteiger partial charge >= 0.3 is 0 Å². The van der Waals surface area contributed by atoms with Crippen LogP contribution in [0.5, 0.6) is 5.75 Å². The number of para-hydroxylation sites is 7. The van der Waals surface area contributed by atoms with Crippen LogP contribution in [0.1, 0.15) is 38.5 Å². The zero-order chi connectivity index (χ0) is 56.9. The third-order valence-corrected chi connectivity index (χ3v) is 21.3. The number of hydrogen-bond acceptors (Lipinski definition) is 6. The summed E-state index contributed by atoms with van der Waals surface area (Å²) >= 11 is 2.22. The van der Waals surface area contributed by atoms with E-state index in [0.717, 1.165) is 44.3 Å². The van der Waals surface area contributed by atoms with Crippen molar-refractivity contribution in [1.82, 2.24) is 0 Å². The molecule has 419 valence electrons. The second kappa shape index (κ2) is 23.0. The van der Waals surface area contributed by atoms with Gasteiger partial charge in [0, 0.05) is 91.8 Å². The SMILES string of the molecule is [B]1C2C=C3B4c5ccccc5OC5CC(N(c6ccccc6)C6CC=CCC6)CC(C45)N(c4c(-c5ccccc5)cccc4-c4ccccc4)C3=CC2SC2CC(N(c3ccccc3)c3ccccc3)=CC(N(c3ccccc3)c3ccccc3)C12. The van der Waals surface area contributed by atoms with Gasteiger partial charge in [-0.2, -0.15) is 11.8 Å². The number of rotatable bonds is 12. The Hall–Kier alpha value is -8.58. The van der Waals surface area contributed by atoms with Crippen LogP contribution >= 0.6 is 11.8 Å². The highest BCUT2D eigenvalue weighted by atomic mass is 32.2. The maximum atomic E-state index is 7.62. The van der Waals surface area contributed by atoms with Crippen molar-refractivity contribution in [2.45, 2.75) is 96.7 Å². The van der Waals surface area contributed by atoms with E-state index in [-0.39, 0.29) is 58.9 Å². The molecule has 3 fully saturated rings. The molecular formula is C78H69B2N4OS. The van der Waals surface area contributed by atoms with Crippen LogP contribution in [0.3, 0.4) is 0 Å². The van der Waals surface area contributed by atoms with Crippen LogP contribution < -0.4 is 29.8 Å². The summed E-state index contributed by atoms with van der Waals surface area (Å²) in [6.45, 7) is 0.145. The minimum absolute atomic E-state index is 0.00907. The van der Waals surface area contributed by atoms with Gasteiger partial charge in [0.05, 0.1) is 17.8 Å². The summed E-state index contributed by atoms with van der Waals surface area (Å²) < 4.78 is 7.62. The number of fused-ring (bicyclic) bond motifs is 6. The molecule has 1 saturated carbocycles. The molecule has 0 bridgehead atoms. The first-order valence-corrected chi connectivity index (χ1v) is 32.3. The van der Waals surface area contributed by atoms with Gasteiger partial charge in [-0.1, -0.05) is 212 Å². The van der Waals surface area contributed by atoms with Gasteiger partial charge in [0.25, 0.3) is 0 Å². The molecule has 7 aliphatic rings. The van der Waals surface area contributed by atoms with Crippen LogP contribution in [-0.2, 0) is 0 Å². The molecule has 8 heteroatoms. The lowest BCUT2D eigenvalue weighted by Crippen LogP contribution is -2.67. The number of hydrogen-bond donors (Lipinski definition) is 0. The van der Waals surface area contributed by atoms with Gasteiger partial charge in [0.15, 0.2) is 0 Å². The highest BCUT2D eigenvalue weighted by Gasteiger charge is 2.59. The van der Waals surface area contributed by atoms with Crippen molar-refractivity contribution in [3.8, 4) is 28.0 Å². The molecule has 16 rings (SSSR count). The molecular weight excluding hydrogens is 1060 g/mol. The van der Waals surface area contributed by atoms with Crippen LogP contribution in [0.2, 0.25) is 17.5 Å². The van der Waals surface area contributed by atoms with E-state index in [1.807, 2.05) is 0 Å². The summed E-state index contributed by atoms with van der Waals surface area (Å²) in [7, 11) is 2.82. The molecule has 3 aliphatic heterocycles. The molecule has 0 N–H and O–H groups in total. The van der Waals surface area contributed by atoms with Crippen LogP contribution in [0.4, 0.5) is 34.1 Å². The van der Waals surface area contributed by atoms with Crippen molar-refractivity contribution >= 4 is 65.3 Å². The Morgan fingerprint density at radius 1 is 0.523 bits per heavy atom. The quantitative estimate of drug-likeness (QED) is 0.0892. The first kappa shape index (κ1) is 52.9. The lowest BCUT2D eigenvalue weighted by atomic mass is 9.26. The average Bonchev–Trinajstić information content (AvgIpc) is 0.952. The number of allylic oxidation sites excluding steroid dienone is 4. The Bertz CT molecular complexity index is 3850. The fourth-order valence-electron chi connectivity index (χ4n) is 16.2. The Morgan fingerprint density at radius 3 is 1.67 bits per heavy atom. The lowest BCUT2D eigenvalue weighted by Gasteiger charge is -2.60. The number of ether oxygens (including phenoxy) is 1. The summed E-state index contributed by atoms with van der Waals surface area (Å²) in [6, 6.07) is 95.2. The largest absolute Gasteiger partial charge is 0.491 e. The molecule has 0 amide bonds. The molecule has 3 heterocycles. The Labute approximate surface area is 513 Å². The van der Waals surface area contributed by atoms with Crippen molar-refractivity contribution in [2.24, 2.45) is 0 Å². The van der Waals surface area contributed by atoms with E-state index >= 15 is 0 Å². The van der Waals surface area contributed by atoms with Gasteiger partial charge < -0.3 is 24.3 Å². The second-order valence-electron chi connectivity index (χ2n) is 24.5. The predicted octanol–water partition coefficient (Wildman–Crippen LogP) is 18.0. The van der Waals surface area contributed by atoms with Crippen molar-refractivity contribution in [3.05, 3.63) is 302 Å². The molecule has 2 saturated heterocycles. The third kappa shape index (κ3) is 9.62. The first-order valence-electron chi connectivity index (χ1n) is 31.4. The van der Waals surface area contributed by atoms with E-state index in [2.05, 4.69) is 324 Å². The third-order valence-electron chi connectivity index (χ3n) is 19.7. The van der Waals surface area contributed by atoms with Gasteiger partial charge in [-0.05, 0) is 139 Å². The molecule has 10 atom stereocenters. The summed E-state index contributed by atoms with van der Waals surface area (Å²) in [4.78, 5) is 11.0. The van der Waals surface area contributed by atoms with E-state index in [9.17, 15) is 0 Å². The van der Waals surface area contributed by atoms with Crippen LogP contribution in [0, 0.1) is 0 Å². The van der Waals surface area contributed by atoms with Crippen molar-refractivity contribution in [1.29, 1.82) is 0 Å². The summed E-state index contributed by atoms with van der Waals surface area (Å²) in [5, 5.41) is 0.442. The molecule has 9 aromatic rings. The minimum atomic E-state index is -0.0152. The summed E-state index contributed by atoms with van der Waals surface area (Å²) in [5.74, 6) is 1.62. The number of benzene rings is 9. The van der Waals surface area contributed by atoms with Crippen LogP contribution in [0.25, 0.3) is 22.3 Å². The fourth-order valence-corrected chi connectivity index (χ4v) is 17.9. The maximum absolute atomic E-state index is 7.62. The zero-order valence-electron chi connectivity index (χ0n) is 48.4. The normalized spacial score (nSPS) is 25.0. The molecule has 4 aliphatic carbocycles. The Morgan fingerprint density at radius 2 is 1.08 bits per heavy atom. The van der Waals surface area contributed by atoms with Crippen LogP contribution in [-0.4, -0.2) is 54.8 Å². The highest BCUT2D eigenvalue weighted by Crippen LogP contribution is 2.60. The minimum Gasteiger partial charge on any atom is -0.491 e. The number of anilines is 6. The smallest absolute Gasteiger partial charge is 0.225 e. The van der Waals surface area contributed by atoms with Gasteiger partial charge in [-0.25, -0.2) is 0 Å². The zero-order valence-corrected chi connectivity index (χ0v) is 49.2. The van der Waals surface area contributed by atoms with E-state index in [0.29, 0.717) is 6.04 Å². The Kier molecular flexibility index (Phi) is 14.2. The Balaban J connectivity index is 0.900. The molecule has 9 aromatic carbocycles. The predicted molar refractivity (Wildman–Crippen MR) is 363 cm³/mol. The standard InChI is InChI=1S/C78H69B2N4OS/c1-9-28-54(29-10-1)64-44-27-45-65(55-30-11-2-12-31-55)78(64)84-69-53-74-66(52-68(69)80-67-46-25-26-47-72(67)85-73-50-62(49-71(84)77(73)80)81(56-32-13-3-14-33-56)57-34-15-4-16-35-57)79-76-70(83(60-40-21-7-22-41-60)61-42-23-8-24-43-61)48-63(51-75(76)86-74)82(58-36-17-5-18-37-58)59-38-19-6-20-39-59/h1-15,17-33,36-48,52-53,57,62,66,70-71,73-77H,16,34-35,49-51H2. The molecule has 1 radical (unpaired) electrons. The lowest BCUT2D eigenvalue weighted by molar-refractivity contribution is 0.121. The topological polar surface area (TPSA) is 22.2 Å². The highest BCUT2D eigenvalue weighted by molar-refractivity contribution is 8.01. The molecule has 86 heavy (non-hydrogen) atoms. The van der Waals surface area contributed by atoms with E-state index in [4.69, 9.17) is 4.74 Å². The number of thioether (sulfide) groups is 1. The van der Waals surface area contributed by atoms with E-state index in [1.165, 1.54) is 78.7 Å². The first-order chi connectivity index (χ1) is 42.7. The maximum Gasteiger partial charge on any atom is 0.225 e. The van der Waals surface area contributed by atoms with Gasteiger partial charge in [0.2, 0.25) is 6.71 Å². The second-order valence-corrected chi connectivity index (χ2v) is 25.9. The molecule has 0 aromatic heterocycles. The van der Waals surface area contributed by atoms with Gasteiger partial charge in [-0.3, -0.25) is 0 Å². The van der Waals surface area contributed by atoms with Crippen molar-refractivity contribution in [3.63, 3.8) is 0 Å². The summed E-state index contributed by atoms with van der Waals surface area (Å²) in [5.41, 5.74) is 17.8. The summed E-state index contributed by atoms with van der Waals surface area (Å²) in [6.07, 6.45) is 19.2.